The summed E-state index contributed by atoms with van der Waals surface area (Å²) in [5, 5.41) is 0.599. The number of halogens is 1. The lowest BCUT2D eigenvalue weighted by atomic mass is 10.0. The molecule has 0 aliphatic rings. The first-order chi connectivity index (χ1) is 16.6. The van der Waals surface area contributed by atoms with Gasteiger partial charge in [-0.15, -0.1) is 0 Å². The normalized spacial score (nSPS) is 11.3. The van der Waals surface area contributed by atoms with Crippen LogP contribution in [-0.2, 0) is 0 Å². The second-order valence-corrected chi connectivity index (χ2v) is 8.14. The minimum atomic E-state index is 0.599. The van der Waals surface area contributed by atoms with E-state index in [9.17, 15) is 0 Å². The number of nitrogens with zero attached hydrogens (tertiary/aromatic N) is 2. The maximum atomic E-state index is 6.54. The maximum Gasteiger partial charge on any atom is 0.118 e. The van der Waals surface area contributed by atoms with Gasteiger partial charge in [0.25, 0.3) is 0 Å². The number of aryl methyl sites for hydroxylation is 1. The molecular weight excluding hydrogens is 444 g/mol. The van der Waals surface area contributed by atoms with Crippen LogP contribution in [0.3, 0.4) is 0 Å². The van der Waals surface area contributed by atoms with E-state index in [0.717, 1.165) is 50.7 Å². The van der Waals surface area contributed by atoms with Crippen LogP contribution in [0.4, 0.5) is 11.4 Å². The highest BCUT2D eigenvalue weighted by Crippen LogP contribution is 2.32. The third-order valence-electron chi connectivity index (χ3n) is 5.41. The van der Waals surface area contributed by atoms with Crippen LogP contribution in [0, 0.1) is 6.92 Å². The number of ether oxygens (including phenoxy) is 2. The van der Waals surface area contributed by atoms with Gasteiger partial charge in [0.15, 0.2) is 0 Å². The van der Waals surface area contributed by atoms with Gasteiger partial charge in [-0.3, -0.25) is 9.98 Å². The van der Waals surface area contributed by atoms with Gasteiger partial charge in [-0.25, -0.2) is 0 Å². The van der Waals surface area contributed by atoms with Crippen LogP contribution >= 0.6 is 11.6 Å². The molecule has 0 heterocycles. The average Bonchev–Trinajstić information content (AvgIpc) is 2.88. The summed E-state index contributed by atoms with van der Waals surface area (Å²) in [4.78, 5) is 9.18. The summed E-state index contributed by atoms with van der Waals surface area (Å²) in [7, 11) is 3.31. The zero-order valence-electron chi connectivity index (χ0n) is 19.3. The predicted molar refractivity (Wildman–Crippen MR) is 142 cm³/mol. The molecule has 0 radical (unpaired) electrons. The van der Waals surface area contributed by atoms with Crippen LogP contribution in [0.15, 0.2) is 94.9 Å². The maximum absolute atomic E-state index is 6.54. The second-order valence-electron chi connectivity index (χ2n) is 7.73. The molecule has 4 nitrogen and oxygen atoms in total. The third kappa shape index (κ3) is 5.72. The van der Waals surface area contributed by atoms with E-state index in [1.54, 1.807) is 20.4 Å². The zero-order chi connectivity index (χ0) is 23.9. The monoisotopic (exact) mass is 468 g/mol. The van der Waals surface area contributed by atoms with Gasteiger partial charge in [0.2, 0.25) is 0 Å². The standard InChI is InChI=1S/C29H25ClN2O2/c1-20-16-23(8-14-28(20)31-18-21-4-10-25(33-2)11-5-21)24-9-15-29(27(30)17-24)32-19-22-6-12-26(34-3)13-7-22/h4-19H,1-3H3. The topological polar surface area (TPSA) is 43.2 Å². The van der Waals surface area contributed by atoms with E-state index in [1.165, 1.54) is 0 Å². The van der Waals surface area contributed by atoms with Gasteiger partial charge in [-0.1, -0.05) is 23.7 Å². The number of rotatable bonds is 7. The average molecular weight is 469 g/mol. The molecule has 5 heteroatoms. The fraction of sp³-hybridized carbons (Fsp3) is 0.103. The molecule has 0 saturated heterocycles. The first-order valence-electron chi connectivity index (χ1n) is 10.8. The van der Waals surface area contributed by atoms with Crippen molar-refractivity contribution >= 4 is 35.4 Å². The molecule has 0 aromatic heterocycles. The Morgan fingerprint density at radius 1 is 0.618 bits per heavy atom. The molecule has 4 aromatic rings. The first kappa shape index (κ1) is 23.3. The van der Waals surface area contributed by atoms with Crippen molar-refractivity contribution in [2.45, 2.75) is 6.92 Å². The molecule has 4 aromatic carbocycles. The molecule has 170 valence electrons. The molecule has 4 rings (SSSR count). The summed E-state index contributed by atoms with van der Waals surface area (Å²) in [5.74, 6) is 1.64. The quantitative estimate of drug-likeness (QED) is 0.259. The van der Waals surface area contributed by atoms with Gasteiger partial charge in [0.05, 0.1) is 30.6 Å². The molecule has 0 aliphatic carbocycles. The first-order valence-corrected chi connectivity index (χ1v) is 11.2. The number of hydrogen-bond donors (Lipinski definition) is 0. The van der Waals surface area contributed by atoms with E-state index in [4.69, 9.17) is 21.1 Å². The van der Waals surface area contributed by atoms with Gasteiger partial charge >= 0.3 is 0 Å². The van der Waals surface area contributed by atoms with E-state index < -0.39 is 0 Å². The zero-order valence-corrected chi connectivity index (χ0v) is 20.1. The van der Waals surface area contributed by atoms with Gasteiger partial charge in [-0.05, 0) is 108 Å². The fourth-order valence-electron chi connectivity index (χ4n) is 3.44. The molecule has 34 heavy (non-hydrogen) atoms. The van der Waals surface area contributed by atoms with Crippen molar-refractivity contribution in [3.05, 3.63) is 107 Å². The third-order valence-corrected chi connectivity index (χ3v) is 5.72. The van der Waals surface area contributed by atoms with Crippen molar-refractivity contribution in [1.29, 1.82) is 0 Å². The predicted octanol–water partition coefficient (Wildman–Crippen LogP) is 7.83. The number of aliphatic imine (C=N–C) groups is 2. The summed E-state index contributed by atoms with van der Waals surface area (Å²) in [6.07, 6.45) is 3.65. The van der Waals surface area contributed by atoms with E-state index >= 15 is 0 Å². The van der Waals surface area contributed by atoms with Crippen molar-refractivity contribution in [3.63, 3.8) is 0 Å². The van der Waals surface area contributed by atoms with Crippen LogP contribution < -0.4 is 9.47 Å². The second kappa shape index (κ2) is 10.8. The highest BCUT2D eigenvalue weighted by Gasteiger charge is 2.05. The molecule has 0 unspecified atom stereocenters. The molecule has 0 saturated carbocycles. The summed E-state index contributed by atoms with van der Waals surface area (Å²) < 4.78 is 10.4. The van der Waals surface area contributed by atoms with Gasteiger partial charge < -0.3 is 9.47 Å². The molecular formula is C29H25ClN2O2. The van der Waals surface area contributed by atoms with Crippen molar-refractivity contribution in [2.75, 3.05) is 14.2 Å². The Morgan fingerprint density at radius 3 is 1.56 bits per heavy atom. The lowest BCUT2D eigenvalue weighted by Crippen LogP contribution is -1.86. The van der Waals surface area contributed by atoms with Crippen LogP contribution in [0.1, 0.15) is 16.7 Å². The number of hydrogen-bond acceptors (Lipinski definition) is 4. The lowest BCUT2D eigenvalue weighted by molar-refractivity contribution is 0.414. The lowest BCUT2D eigenvalue weighted by Gasteiger charge is -2.08. The molecule has 0 atom stereocenters. The molecule has 0 N–H and O–H groups in total. The highest BCUT2D eigenvalue weighted by atomic mass is 35.5. The van der Waals surface area contributed by atoms with E-state index in [2.05, 4.69) is 29.0 Å². The Labute approximate surface area is 205 Å². The Kier molecular flexibility index (Phi) is 7.41. The Bertz CT molecular complexity index is 1220. The summed E-state index contributed by atoms with van der Waals surface area (Å²) in [6.45, 7) is 2.05. The summed E-state index contributed by atoms with van der Waals surface area (Å²) in [5.41, 5.74) is 6.82. The van der Waals surface area contributed by atoms with Crippen molar-refractivity contribution in [1.82, 2.24) is 0 Å². The molecule has 0 fully saturated rings. The Morgan fingerprint density at radius 2 is 1.09 bits per heavy atom. The van der Waals surface area contributed by atoms with Crippen LogP contribution in [0.5, 0.6) is 11.5 Å². The van der Waals surface area contributed by atoms with Crippen molar-refractivity contribution in [3.8, 4) is 22.6 Å². The Hall–Kier alpha value is -3.89. The van der Waals surface area contributed by atoms with Gasteiger partial charge in [-0.2, -0.15) is 0 Å². The van der Waals surface area contributed by atoms with E-state index in [1.807, 2.05) is 79.0 Å². The molecule has 0 bridgehead atoms. The minimum absolute atomic E-state index is 0.599. The smallest absolute Gasteiger partial charge is 0.118 e. The van der Waals surface area contributed by atoms with Crippen LogP contribution in [0.2, 0.25) is 5.02 Å². The van der Waals surface area contributed by atoms with Gasteiger partial charge in [0.1, 0.15) is 11.5 Å². The van der Waals surface area contributed by atoms with Crippen LogP contribution in [-0.4, -0.2) is 26.6 Å². The van der Waals surface area contributed by atoms with Gasteiger partial charge in [0, 0.05) is 12.4 Å². The van der Waals surface area contributed by atoms with E-state index in [0.29, 0.717) is 5.02 Å². The highest BCUT2D eigenvalue weighted by molar-refractivity contribution is 6.33. The van der Waals surface area contributed by atoms with Crippen LogP contribution in [0.25, 0.3) is 11.1 Å². The molecule has 0 spiro atoms. The number of methoxy groups -OCH3 is 2. The van der Waals surface area contributed by atoms with Crippen molar-refractivity contribution in [2.24, 2.45) is 9.98 Å². The Balaban J connectivity index is 1.49. The summed E-state index contributed by atoms with van der Waals surface area (Å²) in [6, 6.07) is 27.6. The fourth-order valence-corrected chi connectivity index (χ4v) is 3.67. The number of benzene rings is 4. The van der Waals surface area contributed by atoms with E-state index in [-0.39, 0.29) is 0 Å². The largest absolute Gasteiger partial charge is 0.497 e. The van der Waals surface area contributed by atoms with Crippen molar-refractivity contribution < 1.29 is 9.47 Å². The summed E-state index contributed by atoms with van der Waals surface area (Å²) >= 11 is 6.54. The molecule has 0 amide bonds. The minimum Gasteiger partial charge on any atom is -0.497 e. The molecule has 0 aliphatic heterocycles. The SMILES string of the molecule is COc1ccc(C=Nc2ccc(-c3ccc(N=Cc4ccc(OC)cc4)c(Cl)c3)cc2C)cc1.